The van der Waals surface area contributed by atoms with Crippen LogP contribution in [0.25, 0.3) is 0 Å². The number of aromatic nitrogens is 2. The van der Waals surface area contributed by atoms with Gasteiger partial charge in [-0.25, -0.2) is 4.98 Å². The molecule has 0 aliphatic heterocycles. The molecule has 0 bridgehead atoms. The zero-order chi connectivity index (χ0) is 18.2. The molecule has 0 atom stereocenters. The molecule has 6 nitrogen and oxygen atoms in total. The van der Waals surface area contributed by atoms with Gasteiger partial charge in [-0.05, 0) is 48.4 Å². The first-order valence-corrected chi connectivity index (χ1v) is 8.29. The van der Waals surface area contributed by atoms with Crippen LogP contribution in [0.3, 0.4) is 0 Å². The Labute approximate surface area is 152 Å². The number of hydrogen-bond donors (Lipinski definition) is 2. The number of methoxy groups -OCH3 is 1. The first kappa shape index (κ1) is 17.4. The monoisotopic (exact) mass is 348 g/mol. The Morgan fingerprint density at radius 2 is 1.81 bits per heavy atom. The van der Waals surface area contributed by atoms with Crippen molar-refractivity contribution in [3.05, 3.63) is 78.2 Å². The molecule has 2 N–H and O–H groups in total. The quantitative estimate of drug-likeness (QED) is 0.684. The van der Waals surface area contributed by atoms with Crippen LogP contribution >= 0.6 is 0 Å². The molecule has 132 valence electrons. The number of nitrogens with one attached hydrogen (secondary N) is 2. The Hall–Kier alpha value is -3.41. The smallest absolute Gasteiger partial charge is 0.255 e. The minimum absolute atomic E-state index is 0.186. The van der Waals surface area contributed by atoms with Crippen LogP contribution in [0, 0.1) is 0 Å². The molecular weight excluding hydrogens is 328 g/mol. The summed E-state index contributed by atoms with van der Waals surface area (Å²) in [6, 6.07) is 15.0. The molecule has 2 heterocycles. The van der Waals surface area contributed by atoms with Gasteiger partial charge in [0.15, 0.2) is 0 Å². The maximum absolute atomic E-state index is 12.1. The van der Waals surface area contributed by atoms with Crippen LogP contribution in [0.15, 0.2) is 67.1 Å². The zero-order valence-electron chi connectivity index (χ0n) is 14.5. The first-order valence-electron chi connectivity index (χ1n) is 8.29. The van der Waals surface area contributed by atoms with E-state index in [0.717, 1.165) is 24.5 Å². The summed E-state index contributed by atoms with van der Waals surface area (Å²) < 4.78 is 5.15. The van der Waals surface area contributed by atoms with E-state index in [2.05, 4.69) is 20.6 Å². The standard InChI is InChI=1S/C20H20N4O2/c1-26-18-5-2-15(3-6-18)8-13-22-19-7-4-17(14-23-19)24-20(25)16-9-11-21-12-10-16/h2-7,9-12,14H,8,13H2,1H3,(H,22,23)(H,24,25). The molecule has 0 unspecified atom stereocenters. The van der Waals surface area contributed by atoms with E-state index in [1.54, 1.807) is 37.8 Å². The lowest BCUT2D eigenvalue weighted by Crippen LogP contribution is -2.12. The number of pyridine rings is 2. The number of anilines is 2. The van der Waals surface area contributed by atoms with Crippen molar-refractivity contribution in [2.45, 2.75) is 6.42 Å². The largest absolute Gasteiger partial charge is 0.497 e. The molecule has 26 heavy (non-hydrogen) atoms. The molecule has 0 aliphatic rings. The van der Waals surface area contributed by atoms with Gasteiger partial charge in [0.05, 0.1) is 19.0 Å². The van der Waals surface area contributed by atoms with E-state index in [0.29, 0.717) is 11.3 Å². The molecule has 3 rings (SSSR count). The molecule has 0 fully saturated rings. The number of carbonyl (C=O) groups is 1. The predicted molar refractivity (Wildman–Crippen MR) is 102 cm³/mol. The van der Waals surface area contributed by atoms with E-state index < -0.39 is 0 Å². The van der Waals surface area contributed by atoms with Gasteiger partial charge in [0.2, 0.25) is 0 Å². The fraction of sp³-hybridized carbons (Fsp3) is 0.150. The predicted octanol–water partition coefficient (Wildman–Crippen LogP) is 3.39. The Balaban J connectivity index is 1.48. The highest BCUT2D eigenvalue weighted by molar-refractivity contribution is 6.04. The summed E-state index contributed by atoms with van der Waals surface area (Å²) in [6.45, 7) is 0.766. The number of hydrogen-bond acceptors (Lipinski definition) is 5. The number of ether oxygens (including phenoxy) is 1. The third-order valence-corrected chi connectivity index (χ3v) is 3.84. The van der Waals surface area contributed by atoms with Crippen molar-refractivity contribution in [2.75, 3.05) is 24.3 Å². The van der Waals surface area contributed by atoms with Crippen LogP contribution in [-0.4, -0.2) is 29.5 Å². The van der Waals surface area contributed by atoms with Crippen LogP contribution in [0.4, 0.5) is 11.5 Å². The molecular formula is C20H20N4O2. The lowest BCUT2D eigenvalue weighted by Gasteiger charge is -2.08. The van der Waals surface area contributed by atoms with Crippen molar-refractivity contribution in [3.8, 4) is 5.75 Å². The second kappa shape index (κ2) is 8.62. The molecule has 6 heteroatoms. The summed E-state index contributed by atoms with van der Waals surface area (Å²) in [5.74, 6) is 1.43. The summed E-state index contributed by atoms with van der Waals surface area (Å²) in [4.78, 5) is 20.3. The minimum Gasteiger partial charge on any atom is -0.497 e. The molecule has 0 saturated heterocycles. The number of amides is 1. The average molecular weight is 348 g/mol. The molecule has 3 aromatic rings. The van der Waals surface area contributed by atoms with Crippen molar-refractivity contribution in [2.24, 2.45) is 0 Å². The third-order valence-electron chi connectivity index (χ3n) is 3.84. The van der Waals surface area contributed by atoms with Gasteiger partial charge in [-0.1, -0.05) is 12.1 Å². The SMILES string of the molecule is COc1ccc(CCNc2ccc(NC(=O)c3ccncc3)cn2)cc1. The maximum Gasteiger partial charge on any atom is 0.255 e. The lowest BCUT2D eigenvalue weighted by atomic mass is 10.1. The maximum atomic E-state index is 12.1. The van der Waals surface area contributed by atoms with Gasteiger partial charge in [-0.2, -0.15) is 0 Å². The highest BCUT2D eigenvalue weighted by atomic mass is 16.5. The lowest BCUT2D eigenvalue weighted by molar-refractivity contribution is 0.102. The normalized spacial score (nSPS) is 10.2. The van der Waals surface area contributed by atoms with Crippen LogP contribution in [-0.2, 0) is 6.42 Å². The van der Waals surface area contributed by atoms with Crippen LogP contribution in [0.5, 0.6) is 5.75 Å². The fourth-order valence-corrected chi connectivity index (χ4v) is 2.41. The van der Waals surface area contributed by atoms with E-state index in [1.165, 1.54) is 5.56 Å². The third kappa shape index (κ3) is 4.80. The van der Waals surface area contributed by atoms with Crippen molar-refractivity contribution in [1.29, 1.82) is 0 Å². The summed E-state index contributed by atoms with van der Waals surface area (Å²) in [5.41, 5.74) is 2.42. The zero-order valence-corrected chi connectivity index (χ0v) is 14.5. The number of carbonyl (C=O) groups excluding carboxylic acids is 1. The summed E-state index contributed by atoms with van der Waals surface area (Å²) in [7, 11) is 1.66. The van der Waals surface area contributed by atoms with Crippen LogP contribution < -0.4 is 15.4 Å². The number of nitrogens with zero attached hydrogens (tertiary/aromatic N) is 2. The number of rotatable bonds is 7. The van der Waals surface area contributed by atoms with Gasteiger partial charge in [0.1, 0.15) is 11.6 Å². The van der Waals surface area contributed by atoms with E-state index in [4.69, 9.17) is 4.74 Å². The van der Waals surface area contributed by atoms with Crippen molar-refractivity contribution < 1.29 is 9.53 Å². The van der Waals surface area contributed by atoms with Gasteiger partial charge in [0, 0.05) is 24.5 Å². The molecule has 1 amide bonds. The molecule has 0 saturated carbocycles. The summed E-state index contributed by atoms with van der Waals surface area (Å²) in [5, 5.41) is 6.08. The summed E-state index contributed by atoms with van der Waals surface area (Å²) in [6.07, 6.45) is 5.69. The highest BCUT2D eigenvalue weighted by Crippen LogP contribution is 2.13. The fourth-order valence-electron chi connectivity index (χ4n) is 2.41. The Morgan fingerprint density at radius 1 is 1.04 bits per heavy atom. The second-order valence-electron chi connectivity index (χ2n) is 5.65. The van der Waals surface area contributed by atoms with Crippen LogP contribution in [0.2, 0.25) is 0 Å². The Kier molecular flexibility index (Phi) is 5.77. The van der Waals surface area contributed by atoms with Gasteiger partial charge in [0.25, 0.3) is 5.91 Å². The second-order valence-corrected chi connectivity index (χ2v) is 5.65. The molecule has 0 radical (unpaired) electrons. The minimum atomic E-state index is -0.186. The van der Waals surface area contributed by atoms with E-state index in [9.17, 15) is 4.79 Å². The van der Waals surface area contributed by atoms with Crippen molar-refractivity contribution in [3.63, 3.8) is 0 Å². The highest BCUT2D eigenvalue weighted by Gasteiger charge is 2.05. The Bertz CT molecular complexity index is 834. The van der Waals surface area contributed by atoms with Gasteiger partial charge in [-0.3, -0.25) is 9.78 Å². The summed E-state index contributed by atoms with van der Waals surface area (Å²) >= 11 is 0. The van der Waals surface area contributed by atoms with Crippen LogP contribution in [0.1, 0.15) is 15.9 Å². The van der Waals surface area contributed by atoms with Crippen molar-refractivity contribution in [1.82, 2.24) is 9.97 Å². The van der Waals surface area contributed by atoms with Gasteiger partial charge < -0.3 is 15.4 Å². The van der Waals surface area contributed by atoms with E-state index in [-0.39, 0.29) is 5.91 Å². The van der Waals surface area contributed by atoms with E-state index >= 15 is 0 Å². The molecule has 2 aromatic heterocycles. The van der Waals surface area contributed by atoms with E-state index in [1.807, 2.05) is 36.4 Å². The molecule has 1 aromatic carbocycles. The average Bonchev–Trinajstić information content (AvgIpc) is 2.70. The van der Waals surface area contributed by atoms with Crippen molar-refractivity contribution >= 4 is 17.4 Å². The topological polar surface area (TPSA) is 76.1 Å². The van der Waals surface area contributed by atoms with Gasteiger partial charge >= 0.3 is 0 Å². The Morgan fingerprint density at radius 3 is 2.46 bits per heavy atom. The first-order chi connectivity index (χ1) is 12.7. The number of benzene rings is 1. The van der Waals surface area contributed by atoms with Gasteiger partial charge in [-0.15, -0.1) is 0 Å². The molecule has 0 spiro atoms. The molecule has 0 aliphatic carbocycles.